The van der Waals surface area contributed by atoms with Crippen LogP contribution in [0.4, 0.5) is 0 Å². The minimum atomic E-state index is -0.828. The van der Waals surface area contributed by atoms with Gasteiger partial charge in [-0.1, -0.05) is 24.3 Å². The van der Waals surface area contributed by atoms with Gasteiger partial charge in [0.15, 0.2) is 0 Å². The molecule has 3 heterocycles. The molecule has 122 valence electrons. The lowest BCUT2D eigenvalue weighted by atomic mass is 10.1. The third kappa shape index (κ3) is 2.99. The number of fused-ring (bicyclic) bond motifs is 1. The summed E-state index contributed by atoms with van der Waals surface area (Å²) in [4.78, 5) is 19.3. The molecular formula is C20H15N3O2. The predicted octanol–water partition coefficient (Wildman–Crippen LogP) is 3.69. The van der Waals surface area contributed by atoms with E-state index in [2.05, 4.69) is 9.97 Å². The van der Waals surface area contributed by atoms with E-state index in [-0.39, 0.29) is 6.42 Å². The summed E-state index contributed by atoms with van der Waals surface area (Å²) in [5, 5.41) is 8.86. The number of carboxylic acids is 1. The molecule has 5 nitrogen and oxygen atoms in total. The van der Waals surface area contributed by atoms with Crippen molar-refractivity contribution in [3.63, 3.8) is 0 Å². The minimum Gasteiger partial charge on any atom is -0.481 e. The highest BCUT2D eigenvalue weighted by atomic mass is 16.4. The van der Waals surface area contributed by atoms with Crippen LogP contribution >= 0.6 is 0 Å². The molecule has 0 unspecified atom stereocenters. The summed E-state index contributed by atoms with van der Waals surface area (Å²) in [6.07, 6.45) is 7.41. The summed E-state index contributed by atoms with van der Waals surface area (Å²) in [5.74, 6) is -0.828. The smallest absolute Gasteiger partial charge is 0.307 e. The van der Waals surface area contributed by atoms with E-state index in [9.17, 15) is 4.79 Å². The maximum Gasteiger partial charge on any atom is 0.307 e. The van der Waals surface area contributed by atoms with E-state index in [0.717, 1.165) is 33.6 Å². The van der Waals surface area contributed by atoms with Crippen LogP contribution in [0.25, 0.3) is 28.0 Å². The van der Waals surface area contributed by atoms with E-state index in [1.807, 2.05) is 65.3 Å². The quantitative estimate of drug-likeness (QED) is 0.620. The third-order valence-corrected chi connectivity index (χ3v) is 4.13. The number of imidazole rings is 1. The normalized spacial score (nSPS) is 10.9. The molecule has 0 aliphatic carbocycles. The van der Waals surface area contributed by atoms with E-state index in [4.69, 9.17) is 5.11 Å². The van der Waals surface area contributed by atoms with E-state index in [0.29, 0.717) is 0 Å². The number of aliphatic carboxylic acids is 1. The predicted molar refractivity (Wildman–Crippen MR) is 95.2 cm³/mol. The van der Waals surface area contributed by atoms with Crippen LogP contribution in [0, 0.1) is 0 Å². The summed E-state index contributed by atoms with van der Waals surface area (Å²) >= 11 is 0. The van der Waals surface area contributed by atoms with E-state index < -0.39 is 5.97 Å². The number of carbonyl (C=O) groups is 1. The lowest BCUT2D eigenvalue weighted by molar-refractivity contribution is -0.136. The Kier molecular flexibility index (Phi) is 3.74. The largest absolute Gasteiger partial charge is 0.481 e. The molecule has 0 bridgehead atoms. The summed E-state index contributed by atoms with van der Waals surface area (Å²) < 4.78 is 2.02. The second-order valence-electron chi connectivity index (χ2n) is 5.79. The fraction of sp³-hybridized carbons (Fsp3) is 0.0500. The van der Waals surface area contributed by atoms with Crippen molar-refractivity contribution >= 4 is 11.6 Å². The Morgan fingerprint density at radius 1 is 0.960 bits per heavy atom. The molecule has 3 aromatic heterocycles. The maximum absolute atomic E-state index is 10.8. The van der Waals surface area contributed by atoms with Crippen LogP contribution in [0.1, 0.15) is 5.56 Å². The Hall–Kier alpha value is -3.47. The van der Waals surface area contributed by atoms with Crippen LogP contribution in [-0.4, -0.2) is 25.4 Å². The van der Waals surface area contributed by atoms with Gasteiger partial charge >= 0.3 is 5.97 Å². The molecule has 0 spiro atoms. The summed E-state index contributed by atoms with van der Waals surface area (Å²) in [7, 11) is 0. The second kappa shape index (κ2) is 6.20. The van der Waals surface area contributed by atoms with E-state index in [1.54, 1.807) is 12.4 Å². The number of rotatable bonds is 4. The average Bonchev–Trinajstić information content (AvgIpc) is 3.06. The highest BCUT2D eigenvalue weighted by molar-refractivity contribution is 5.72. The summed E-state index contributed by atoms with van der Waals surface area (Å²) in [5.41, 5.74) is 5.80. The van der Waals surface area contributed by atoms with Gasteiger partial charge in [0.05, 0.1) is 18.3 Å². The van der Waals surface area contributed by atoms with Gasteiger partial charge in [0.25, 0.3) is 0 Å². The zero-order chi connectivity index (χ0) is 17.2. The number of carboxylic acid groups (broad SMARTS) is 1. The standard InChI is InChI=1S/C20H15N3O2/c24-20(25)11-14-1-3-16(4-2-14)18-13-22-19-12-17(7-10-23(18)19)15-5-8-21-9-6-15/h1-10,12-13H,11H2,(H,24,25). The highest BCUT2D eigenvalue weighted by Crippen LogP contribution is 2.25. The van der Waals surface area contributed by atoms with Gasteiger partial charge < -0.3 is 5.11 Å². The molecule has 0 amide bonds. The molecule has 1 N–H and O–H groups in total. The van der Waals surface area contributed by atoms with Crippen LogP contribution in [0.3, 0.4) is 0 Å². The zero-order valence-corrected chi connectivity index (χ0v) is 13.3. The molecular weight excluding hydrogens is 314 g/mol. The topological polar surface area (TPSA) is 67.5 Å². The zero-order valence-electron chi connectivity index (χ0n) is 13.3. The van der Waals surface area contributed by atoms with Crippen LogP contribution in [0.15, 0.2) is 73.3 Å². The molecule has 0 saturated heterocycles. The molecule has 5 heteroatoms. The summed E-state index contributed by atoms with van der Waals surface area (Å²) in [6, 6.07) is 15.6. The minimum absolute atomic E-state index is 0.0305. The first-order valence-corrected chi connectivity index (χ1v) is 7.89. The Labute approximate surface area is 144 Å². The molecule has 0 aliphatic rings. The Morgan fingerprint density at radius 2 is 1.72 bits per heavy atom. The lowest BCUT2D eigenvalue weighted by Gasteiger charge is -2.05. The first kappa shape index (κ1) is 15.1. The molecule has 0 radical (unpaired) electrons. The third-order valence-electron chi connectivity index (χ3n) is 4.13. The molecule has 25 heavy (non-hydrogen) atoms. The number of nitrogens with zero attached hydrogens (tertiary/aromatic N) is 3. The summed E-state index contributed by atoms with van der Waals surface area (Å²) in [6.45, 7) is 0. The van der Waals surface area contributed by atoms with Crippen molar-refractivity contribution < 1.29 is 9.90 Å². The molecule has 0 atom stereocenters. The molecule has 0 saturated carbocycles. The first-order valence-electron chi connectivity index (χ1n) is 7.89. The number of pyridine rings is 2. The van der Waals surface area contributed by atoms with Gasteiger partial charge in [-0.2, -0.15) is 0 Å². The van der Waals surface area contributed by atoms with Crippen molar-refractivity contribution in [2.75, 3.05) is 0 Å². The van der Waals surface area contributed by atoms with Gasteiger partial charge in [-0.3, -0.25) is 14.2 Å². The Bertz CT molecular complexity index is 1040. The van der Waals surface area contributed by atoms with Crippen LogP contribution < -0.4 is 0 Å². The van der Waals surface area contributed by atoms with Gasteiger partial charge in [-0.05, 0) is 41.0 Å². The Morgan fingerprint density at radius 3 is 2.44 bits per heavy atom. The number of aromatic nitrogens is 3. The second-order valence-corrected chi connectivity index (χ2v) is 5.79. The number of benzene rings is 1. The van der Waals surface area contributed by atoms with Crippen LogP contribution in [0.5, 0.6) is 0 Å². The van der Waals surface area contributed by atoms with Crippen molar-refractivity contribution in [2.45, 2.75) is 6.42 Å². The fourth-order valence-corrected chi connectivity index (χ4v) is 2.89. The van der Waals surface area contributed by atoms with Crippen molar-refractivity contribution in [3.05, 3.63) is 78.9 Å². The van der Waals surface area contributed by atoms with Gasteiger partial charge in [-0.15, -0.1) is 0 Å². The van der Waals surface area contributed by atoms with Crippen LogP contribution in [-0.2, 0) is 11.2 Å². The number of hydrogen-bond donors (Lipinski definition) is 1. The maximum atomic E-state index is 10.8. The molecule has 1 aromatic carbocycles. The molecule has 4 rings (SSSR count). The average molecular weight is 329 g/mol. The molecule has 4 aromatic rings. The van der Waals surface area contributed by atoms with Gasteiger partial charge in [-0.25, -0.2) is 4.98 Å². The lowest BCUT2D eigenvalue weighted by Crippen LogP contribution is -1.99. The number of hydrogen-bond acceptors (Lipinski definition) is 3. The van der Waals surface area contributed by atoms with Gasteiger partial charge in [0.2, 0.25) is 0 Å². The SMILES string of the molecule is O=C(O)Cc1ccc(-c2cnc3cc(-c4ccncc4)ccn23)cc1. The fourth-order valence-electron chi connectivity index (χ4n) is 2.89. The van der Waals surface area contributed by atoms with Crippen molar-refractivity contribution in [2.24, 2.45) is 0 Å². The first-order chi connectivity index (χ1) is 12.2. The van der Waals surface area contributed by atoms with Crippen LogP contribution in [0.2, 0.25) is 0 Å². The van der Waals surface area contributed by atoms with Crippen molar-refractivity contribution in [1.29, 1.82) is 0 Å². The molecule has 0 aliphatic heterocycles. The van der Waals surface area contributed by atoms with Crippen molar-refractivity contribution in [3.8, 4) is 22.4 Å². The van der Waals surface area contributed by atoms with E-state index >= 15 is 0 Å². The van der Waals surface area contributed by atoms with Gasteiger partial charge in [0.1, 0.15) is 5.65 Å². The monoisotopic (exact) mass is 329 g/mol. The van der Waals surface area contributed by atoms with Gasteiger partial charge in [0, 0.05) is 24.2 Å². The highest BCUT2D eigenvalue weighted by Gasteiger charge is 2.08. The van der Waals surface area contributed by atoms with E-state index in [1.165, 1.54) is 0 Å². The molecule has 0 fully saturated rings. The van der Waals surface area contributed by atoms with Crippen molar-refractivity contribution in [1.82, 2.24) is 14.4 Å². The Balaban J connectivity index is 1.70.